The van der Waals surface area contributed by atoms with E-state index in [-0.39, 0.29) is 44.2 Å². The Labute approximate surface area is 285 Å². The summed E-state index contributed by atoms with van der Waals surface area (Å²) in [5, 5.41) is 8.72. The molecule has 13 heteroatoms. The van der Waals surface area contributed by atoms with E-state index < -0.39 is 53.5 Å². The highest BCUT2D eigenvalue weighted by Gasteiger charge is 2.30. The SMILES string of the molecule is CCOC(=O)C(CC(C)C)C(=O)NOCc1ccccc1.CCOC(=O)C(CC(C)C)C(=O)O.CCOC(=O)C(CC(C)C)C(=O)OC. The van der Waals surface area contributed by atoms with Crippen molar-refractivity contribution in [3.05, 3.63) is 35.9 Å². The molecule has 0 fully saturated rings. The Balaban J connectivity index is 0. The molecule has 0 aromatic heterocycles. The minimum Gasteiger partial charge on any atom is -0.481 e. The van der Waals surface area contributed by atoms with Crippen LogP contribution in [0.5, 0.6) is 0 Å². The lowest BCUT2D eigenvalue weighted by molar-refractivity contribution is -0.162. The zero-order valence-electron chi connectivity index (χ0n) is 30.2. The van der Waals surface area contributed by atoms with Gasteiger partial charge in [-0.1, -0.05) is 71.9 Å². The number of benzene rings is 1. The van der Waals surface area contributed by atoms with Gasteiger partial charge in [0.1, 0.15) is 5.92 Å². The Hall–Kier alpha value is -4.00. The van der Waals surface area contributed by atoms with E-state index >= 15 is 0 Å². The van der Waals surface area contributed by atoms with Crippen molar-refractivity contribution in [1.82, 2.24) is 5.48 Å². The molecular formula is C35H57NO12. The summed E-state index contributed by atoms with van der Waals surface area (Å²) >= 11 is 0. The molecule has 0 saturated carbocycles. The van der Waals surface area contributed by atoms with Crippen LogP contribution in [0.4, 0.5) is 0 Å². The number of hydroxylamine groups is 1. The number of esters is 4. The summed E-state index contributed by atoms with van der Waals surface area (Å²) in [4.78, 5) is 73.4. The average Bonchev–Trinajstić information content (AvgIpc) is 3.02. The summed E-state index contributed by atoms with van der Waals surface area (Å²) in [5.74, 6) is -5.71. The van der Waals surface area contributed by atoms with Gasteiger partial charge in [-0.2, -0.15) is 0 Å². The van der Waals surface area contributed by atoms with Crippen molar-refractivity contribution in [1.29, 1.82) is 0 Å². The first kappa shape index (κ1) is 46.1. The number of aliphatic carboxylic acids is 1. The third-order valence-corrected chi connectivity index (χ3v) is 6.19. The fourth-order valence-corrected chi connectivity index (χ4v) is 4.02. The molecule has 48 heavy (non-hydrogen) atoms. The molecule has 1 amide bonds. The molecule has 3 atom stereocenters. The van der Waals surface area contributed by atoms with Crippen molar-refractivity contribution in [2.24, 2.45) is 35.5 Å². The summed E-state index contributed by atoms with van der Waals surface area (Å²) in [7, 11) is 1.27. The minimum absolute atomic E-state index is 0.172. The van der Waals surface area contributed by atoms with Crippen LogP contribution in [0.1, 0.15) is 87.1 Å². The lowest BCUT2D eigenvalue weighted by Crippen LogP contribution is -2.37. The highest BCUT2D eigenvalue weighted by molar-refractivity contribution is 5.97. The zero-order valence-corrected chi connectivity index (χ0v) is 30.2. The Morgan fingerprint density at radius 2 is 1.02 bits per heavy atom. The standard InChI is InChI=1S/C16H23NO4.C10H18O4.C9H16O4/c1-4-20-16(19)14(10-12(2)3)15(18)17-21-11-13-8-6-5-7-9-13;1-5-14-10(12)8(6-7(2)3)9(11)13-4;1-4-13-9(12)7(8(10)11)5-6(2)3/h5-9,12,14H,4,10-11H2,1-3H3,(H,17,18);7-8H,5-6H2,1-4H3;6-7H,4-5H2,1-3H3,(H,10,11). The molecule has 13 nitrogen and oxygen atoms in total. The number of carboxylic acid groups (broad SMARTS) is 1. The number of hydrogen-bond acceptors (Lipinski definition) is 11. The zero-order chi connectivity index (χ0) is 37.2. The molecule has 1 rings (SSSR count). The number of rotatable bonds is 18. The summed E-state index contributed by atoms with van der Waals surface area (Å²) in [6.45, 7) is 17.6. The molecule has 0 heterocycles. The van der Waals surface area contributed by atoms with Crippen LogP contribution in [-0.4, -0.2) is 67.8 Å². The summed E-state index contributed by atoms with van der Waals surface area (Å²) in [6.07, 6.45) is 1.22. The van der Waals surface area contributed by atoms with E-state index in [1.165, 1.54) is 7.11 Å². The molecular weight excluding hydrogens is 626 g/mol. The van der Waals surface area contributed by atoms with Crippen molar-refractivity contribution in [3.8, 4) is 0 Å². The number of carbonyl (C=O) groups is 6. The second-order valence-corrected chi connectivity index (χ2v) is 11.9. The van der Waals surface area contributed by atoms with Gasteiger partial charge in [-0.05, 0) is 63.4 Å². The number of amides is 1. The molecule has 0 bridgehead atoms. The van der Waals surface area contributed by atoms with Crippen LogP contribution in [-0.2, 0) is 59.2 Å². The molecule has 0 aliphatic heterocycles. The first-order valence-corrected chi connectivity index (χ1v) is 16.3. The maximum atomic E-state index is 12.0. The van der Waals surface area contributed by atoms with E-state index in [4.69, 9.17) is 19.4 Å². The van der Waals surface area contributed by atoms with Crippen molar-refractivity contribution >= 4 is 35.8 Å². The van der Waals surface area contributed by atoms with Crippen LogP contribution in [0.2, 0.25) is 0 Å². The number of methoxy groups -OCH3 is 1. The quantitative estimate of drug-likeness (QED) is 0.0901. The molecule has 0 aliphatic rings. The maximum Gasteiger partial charge on any atom is 0.320 e. The van der Waals surface area contributed by atoms with Crippen LogP contribution >= 0.6 is 0 Å². The second-order valence-electron chi connectivity index (χ2n) is 11.9. The largest absolute Gasteiger partial charge is 0.481 e. The fraction of sp³-hybridized carbons (Fsp3) is 0.657. The number of carbonyl (C=O) groups excluding carboxylic acids is 5. The van der Waals surface area contributed by atoms with Crippen molar-refractivity contribution in [2.75, 3.05) is 26.9 Å². The van der Waals surface area contributed by atoms with Gasteiger partial charge in [0.05, 0.1) is 33.5 Å². The Kier molecular flexibility index (Phi) is 25.9. The monoisotopic (exact) mass is 683 g/mol. The highest BCUT2D eigenvalue weighted by Crippen LogP contribution is 2.16. The maximum absolute atomic E-state index is 12.0. The Bertz CT molecular complexity index is 1090. The van der Waals surface area contributed by atoms with Gasteiger partial charge in [-0.25, -0.2) is 5.48 Å². The van der Waals surface area contributed by atoms with E-state index in [1.54, 1.807) is 20.8 Å². The minimum atomic E-state index is -1.10. The molecule has 0 spiro atoms. The normalized spacial score (nSPS) is 12.3. The van der Waals surface area contributed by atoms with Gasteiger partial charge < -0.3 is 24.1 Å². The predicted molar refractivity (Wildman–Crippen MR) is 178 cm³/mol. The molecule has 274 valence electrons. The van der Waals surface area contributed by atoms with E-state index in [0.717, 1.165) is 5.56 Å². The van der Waals surface area contributed by atoms with Crippen molar-refractivity contribution in [3.63, 3.8) is 0 Å². The predicted octanol–water partition coefficient (Wildman–Crippen LogP) is 5.14. The van der Waals surface area contributed by atoms with Crippen LogP contribution in [0.3, 0.4) is 0 Å². The number of ether oxygens (including phenoxy) is 4. The first-order chi connectivity index (χ1) is 22.5. The van der Waals surface area contributed by atoms with E-state index in [1.807, 2.05) is 71.9 Å². The van der Waals surface area contributed by atoms with Crippen LogP contribution in [0.15, 0.2) is 30.3 Å². The van der Waals surface area contributed by atoms with Crippen molar-refractivity contribution in [2.45, 2.75) is 88.2 Å². The topological polar surface area (TPSA) is 181 Å². The van der Waals surface area contributed by atoms with E-state index in [2.05, 4.69) is 15.0 Å². The fourth-order valence-electron chi connectivity index (χ4n) is 4.02. The van der Waals surface area contributed by atoms with Crippen LogP contribution in [0, 0.1) is 35.5 Å². The first-order valence-electron chi connectivity index (χ1n) is 16.3. The lowest BCUT2D eigenvalue weighted by atomic mass is 9.96. The second kappa shape index (κ2) is 27.0. The number of hydrogen-bond donors (Lipinski definition) is 2. The molecule has 0 aliphatic carbocycles. The molecule has 2 N–H and O–H groups in total. The van der Waals surface area contributed by atoms with E-state index in [9.17, 15) is 28.8 Å². The highest BCUT2D eigenvalue weighted by atomic mass is 16.7. The molecule has 3 unspecified atom stereocenters. The molecule has 0 saturated heterocycles. The van der Waals surface area contributed by atoms with Gasteiger partial charge in [-0.3, -0.25) is 33.6 Å². The molecule has 1 aromatic carbocycles. The average molecular weight is 684 g/mol. The third-order valence-electron chi connectivity index (χ3n) is 6.19. The number of carboxylic acids is 1. The van der Waals surface area contributed by atoms with Crippen molar-refractivity contribution < 1.29 is 57.7 Å². The van der Waals surface area contributed by atoms with Gasteiger partial charge in [0.2, 0.25) is 0 Å². The van der Waals surface area contributed by atoms with Crippen LogP contribution in [0.25, 0.3) is 0 Å². The number of nitrogens with one attached hydrogen (secondary N) is 1. The van der Waals surface area contributed by atoms with Gasteiger partial charge >= 0.3 is 29.8 Å². The van der Waals surface area contributed by atoms with Gasteiger partial charge in [0, 0.05) is 0 Å². The Morgan fingerprint density at radius 3 is 1.42 bits per heavy atom. The van der Waals surface area contributed by atoms with Gasteiger partial charge in [0.25, 0.3) is 5.91 Å². The molecule has 1 aromatic rings. The molecule has 0 radical (unpaired) electrons. The van der Waals surface area contributed by atoms with Gasteiger partial charge in [-0.15, -0.1) is 0 Å². The lowest BCUT2D eigenvalue weighted by Gasteiger charge is -2.17. The van der Waals surface area contributed by atoms with Crippen LogP contribution < -0.4 is 5.48 Å². The third kappa shape index (κ3) is 21.7. The smallest absolute Gasteiger partial charge is 0.320 e. The Morgan fingerprint density at radius 1 is 0.625 bits per heavy atom. The summed E-state index contributed by atoms with van der Waals surface area (Å²) in [6, 6.07) is 9.47. The summed E-state index contributed by atoms with van der Waals surface area (Å²) in [5.41, 5.74) is 3.28. The van der Waals surface area contributed by atoms with Gasteiger partial charge in [0.15, 0.2) is 11.8 Å². The van der Waals surface area contributed by atoms with E-state index in [0.29, 0.717) is 19.3 Å². The summed E-state index contributed by atoms with van der Waals surface area (Å²) < 4.78 is 18.9.